The van der Waals surface area contributed by atoms with Gasteiger partial charge in [0.15, 0.2) is 7.58 Å². The molecule has 0 aromatic heterocycles. The van der Waals surface area contributed by atoms with E-state index in [2.05, 4.69) is 4.52 Å². The maximum atomic E-state index is 12.1. The van der Waals surface area contributed by atoms with Crippen LogP contribution in [0.5, 0.6) is 0 Å². The van der Waals surface area contributed by atoms with Gasteiger partial charge in [0, 0.05) is 6.92 Å². The van der Waals surface area contributed by atoms with Crippen molar-refractivity contribution in [3.8, 4) is 0 Å². The van der Waals surface area contributed by atoms with Crippen LogP contribution in [0, 0.1) is 0 Å². The first-order valence-corrected chi connectivity index (χ1v) is 13.7. The fourth-order valence-corrected chi connectivity index (χ4v) is 12.8. The summed E-state index contributed by atoms with van der Waals surface area (Å²) in [7, 11) is -2.94. The van der Waals surface area contributed by atoms with Crippen molar-refractivity contribution in [2.24, 2.45) is 4.52 Å². The normalized spacial score (nSPS) is 26.0. The molecular weight excluding hydrogens is 576 g/mol. The Bertz CT molecular complexity index is 533. The molecule has 0 saturated heterocycles. The molecule has 0 bridgehead atoms. The van der Waals surface area contributed by atoms with Crippen LogP contribution in [0.3, 0.4) is 0 Å². The van der Waals surface area contributed by atoms with E-state index in [1.54, 1.807) is 0 Å². The predicted molar refractivity (Wildman–Crippen MR) is 89.7 cm³/mol. The summed E-state index contributed by atoms with van der Waals surface area (Å²) in [5.74, 6) is -21.0. The highest BCUT2D eigenvalue weighted by Crippen LogP contribution is 2.85. The van der Waals surface area contributed by atoms with Crippen LogP contribution in [0.2, 0.25) is 0 Å². The fraction of sp³-hybridized carbons (Fsp3) is 1.00. The summed E-state index contributed by atoms with van der Waals surface area (Å²) in [5.41, 5.74) is 0. The number of nitrogens with zero attached hydrogens (tertiary/aromatic N) is 3. The van der Waals surface area contributed by atoms with E-state index in [-0.39, 0.29) is 0 Å². The minimum Gasteiger partial charge on any atom is -0.331 e. The Balaban J connectivity index is 0.000000485. The monoisotopic (exact) mass is 577 g/mol. The van der Waals surface area contributed by atoms with Gasteiger partial charge in [0.05, 0.1) is 0 Å². The van der Waals surface area contributed by atoms with Crippen LogP contribution < -0.4 is 0 Å². The minimum absolute atomic E-state index is 0.660. The summed E-state index contributed by atoms with van der Waals surface area (Å²) in [6.07, 6.45) is -6.23. The summed E-state index contributed by atoms with van der Waals surface area (Å²) in [6, 6.07) is 0. The molecule has 26 heavy (non-hydrogen) atoms. The lowest BCUT2D eigenvalue weighted by Crippen LogP contribution is -2.61. The average molecular weight is 580 g/mol. The van der Waals surface area contributed by atoms with Crippen molar-refractivity contribution in [3.05, 3.63) is 0 Å². The Morgan fingerprint density at radius 2 is 1.31 bits per heavy atom. The lowest BCUT2D eigenvalue weighted by molar-refractivity contribution is -0.414. The van der Waals surface area contributed by atoms with E-state index >= 15 is 0 Å². The molecule has 2 atom stereocenters. The molecule has 1 aliphatic heterocycles. The van der Waals surface area contributed by atoms with E-state index in [1.807, 2.05) is 0 Å². The zero-order valence-corrected chi connectivity index (χ0v) is 18.6. The van der Waals surface area contributed by atoms with Crippen LogP contribution in [0.25, 0.3) is 0 Å². The van der Waals surface area contributed by atoms with E-state index < -0.39 is 51.9 Å². The van der Waals surface area contributed by atoms with Gasteiger partial charge in [0.25, 0.3) is 0 Å². The van der Waals surface area contributed by atoms with Gasteiger partial charge in [-0.05, 0) is 57.3 Å². The third-order valence-electron chi connectivity index (χ3n) is 2.11. The number of rotatable bonds is 3. The largest absolute Gasteiger partial charge is 0.423 e. The van der Waals surface area contributed by atoms with Crippen molar-refractivity contribution in [2.75, 3.05) is 0 Å². The maximum absolute atomic E-state index is 12.1. The molecule has 0 radical (unpaired) electrons. The molecule has 4 nitrogen and oxygen atoms in total. The van der Waals surface area contributed by atoms with Gasteiger partial charge in [0.1, 0.15) is 0 Å². The zero-order chi connectivity index (χ0) is 21.5. The number of halogens is 14. The molecule has 1 rings (SSSR count). The summed E-state index contributed by atoms with van der Waals surface area (Å²) >= 11 is 34.3. The summed E-state index contributed by atoms with van der Waals surface area (Å²) in [4.78, 5) is 0. The summed E-state index contributed by atoms with van der Waals surface area (Å²) in [6.45, 7) is -0.660. The van der Waals surface area contributed by atoms with E-state index in [9.17, 15) is 35.1 Å². The van der Waals surface area contributed by atoms with Gasteiger partial charge >= 0.3 is 23.9 Å². The van der Waals surface area contributed by atoms with E-state index in [0.717, 1.165) is 7.92 Å². The standard InChI is InChI=1S/C5H4F8O.Cl6N3P3/c1-2(6,7)3(8,9)4(10,11)5(12,13)14;1-8-10(3)7-12(5,6)9(2)11(8)4/h14H,1H3;. The molecule has 21 heteroatoms. The van der Waals surface area contributed by atoms with Gasteiger partial charge in [-0.2, -0.15) is 35.1 Å². The van der Waals surface area contributed by atoms with Crippen molar-refractivity contribution >= 4 is 89.6 Å². The first kappa shape index (κ1) is 28.1. The van der Waals surface area contributed by atoms with Crippen molar-refractivity contribution in [1.29, 1.82) is 0 Å². The number of alkyl halides is 8. The Kier molecular flexibility index (Phi) is 9.86. The van der Waals surface area contributed by atoms with Crippen molar-refractivity contribution in [1.82, 2.24) is 7.92 Å². The first-order chi connectivity index (χ1) is 11.1. The second kappa shape index (κ2) is 9.11. The van der Waals surface area contributed by atoms with Crippen LogP contribution in [0.4, 0.5) is 35.1 Å². The smallest absolute Gasteiger partial charge is 0.331 e. The van der Waals surface area contributed by atoms with Gasteiger partial charge in [0.2, 0.25) is 13.5 Å². The lowest BCUT2D eigenvalue weighted by atomic mass is 10.1. The highest BCUT2D eigenvalue weighted by atomic mass is 35.9. The first-order valence-electron chi connectivity index (χ1n) is 5.20. The fourth-order valence-electron chi connectivity index (χ4n) is 0.830. The molecule has 0 saturated carbocycles. The highest BCUT2D eigenvalue weighted by Gasteiger charge is 2.79. The third-order valence-corrected chi connectivity index (χ3v) is 15.9. The zero-order valence-electron chi connectivity index (χ0n) is 11.4. The molecule has 1 aliphatic rings. The van der Waals surface area contributed by atoms with E-state index in [1.165, 1.54) is 0 Å². The van der Waals surface area contributed by atoms with Crippen molar-refractivity contribution in [3.63, 3.8) is 0 Å². The van der Waals surface area contributed by atoms with Crippen LogP contribution in [-0.2, 0) is 0 Å². The van der Waals surface area contributed by atoms with Crippen molar-refractivity contribution < 1.29 is 40.2 Å². The Morgan fingerprint density at radius 1 is 0.923 bits per heavy atom. The molecule has 2 unspecified atom stereocenters. The molecule has 158 valence electrons. The van der Waals surface area contributed by atoms with Crippen LogP contribution >= 0.6 is 89.6 Å². The van der Waals surface area contributed by atoms with Crippen LogP contribution in [0.15, 0.2) is 4.52 Å². The molecule has 0 amide bonds. The number of hydrogen-bond donors (Lipinski definition) is 1. The van der Waals surface area contributed by atoms with Gasteiger partial charge in [-0.15, -0.1) is 7.92 Å². The average Bonchev–Trinajstić information content (AvgIpc) is 2.41. The Hall–Kier alpha value is 2.15. The maximum Gasteiger partial charge on any atom is 0.423 e. The number of hydrogen-bond acceptors (Lipinski definition) is 4. The van der Waals surface area contributed by atoms with Gasteiger partial charge < -0.3 is 5.11 Å². The minimum atomic E-state index is -6.54. The third kappa shape index (κ3) is 6.08. The van der Waals surface area contributed by atoms with Crippen LogP contribution in [-0.4, -0.2) is 36.9 Å². The Morgan fingerprint density at radius 3 is 1.58 bits per heavy atom. The molecule has 0 aromatic rings. The summed E-state index contributed by atoms with van der Waals surface area (Å²) in [5, 5.41) is 7.35. The van der Waals surface area contributed by atoms with Gasteiger partial charge in [-0.3, -0.25) is 0 Å². The van der Waals surface area contributed by atoms with Gasteiger partial charge in [-0.25, -0.2) is 4.52 Å². The summed E-state index contributed by atoms with van der Waals surface area (Å²) < 4.78 is 101. The van der Waals surface area contributed by atoms with E-state index in [0.29, 0.717) is 0 Å². The quantitative estimate of drug-likeness (QED) is 0.206. The Labute approximate surface area is 172 Å². The molecule has 0 fully saturated rings. The molecular formula is C5H4Cl6F8N3OP3. The molecule has 1 heterocycles. The SMILES string of the molecule is CC(F)(F)C(F)(F)C(F)(F)C(O)(F)F.ClN1P(Cl)N=P(Cl)(Cl)N(Cl)P1Cl. The molecule has 0 spiro atoms. The second-order valence-corrected chi connectivity index (χ2v) is 15.7. The van der Waals surface area contributed by atoms with Gasteiger partial charge in [-0.1, -0.05) is 11.2 Å². The second-order valence-electron chi connectivity index (χ2n) is 4.09. The highest BCUT2D eigenvalue weighted by molar-refractivity contribution is 8.18. The molecule has 1 N–H and O–H groups in total. The van der Waals surface area contributed by atoms with Crippen molar-refractivity contribution in [2.45, 2.75) is 30.8 Å². The van der Waals surface area contributed by atoms with Crippen LogP contribution in [0.1, 0.15) is 6.92 Å². The predicted octanol–water partition coefficient (Wildman–Crippen LogP) is 8.76. The molecule has 0 aromatic carbocycles. The van der Waals surface area contributed by atoms with E-state index in [4.69, 9.17) is 73.6 Å². The topological polar surface area (TPSA) is 39.1 Å². The lowest BCUT2D eigenvalue weighted by Gasteiger charge is -2.33. The number of aliphatic hydroxyl groups is 1. The molecule has 0 aliphatic carbocycles.